The molecule has 31 heavy (non-hydrogen) atoms. The maximum atomic E-state index is 15.1. The van der Waals surface area contributed by atoms with Gasteiger partial charge in [-0.15, -0.1) is 0 Å². The zero-order chi connectivity index (χ0) is 22.2. The molecule has 6 rings (SSSR count). The highest BCUT2D eigenvalue weighted by molar-refractivity contribution is 5.88. The predicted molar refractivity (Wildman–Crippen MR) is 116 cm³/mol. The van der Waals surface area contributed by atoms with Crippen LogP contribution in [0.4, 0.5) is 4.39 Å². The molecule has 2 aliphatic heterocycles. The molecule has 1 aromatic carbocycles. The molecule has 2 aromatic rings. The van der Waals surface area contributed by atoms with Gasteiger partial charge in [-0.05, 0) is 55.2 Å². The van der Waals surface area contributed by atoms with E-state index in [2.05, 4.69) is 22.9 Å². The SMILES string of the molecule is COc1ccc2[nH]cc(C(C)(C)CC(=O)N3C4CC5(C)CC3CC(C#N)(C4)C5)c2c1F. The number of methoxy groups -OCH3 is 1. The highest BCUT2D eigenvalue weighted by atomic mass is 19.1. The number of carbonyl (C=O) groups excluding carboxylic acids is 1. The molecule has 2 aliphatic carbocycles. The van der Waals surface area contributed by atoms with E-state index in [1.54, 1.807) is 6.07 Å². The first-order valence-corrected chi connectivity index (χ1v) is 11.2. The van der Waals surface area contributed by atoms with Crippen molar-refractivity contribution in [3.8, 4) is 11.8 Å². The average Bonchev–Trinajstić information content (AvgIpc) is 3.12. The van der Waals surface area contributed by atoms with E-state index < -0.39 is 11.2 Å². The summed E-state index contributed by atoms with van der Waals surface area (Å²) in [6, 6.07) is 6.32. The number of hydrogen-bond acceptors (Lipinski definition) is 3. The summed E-state index contributed by atoms with van der Waals surface area (Å²) in [7, 11) is 1.46. The number of piperidine rings is 2. The molecule has 3 heterocycles. The standard InChI is InChI=1S/C25H30FN3O2/c1-23(2,17-12-28-18-5-6-19(31-4)22(26)21(17)18)11-20(30)29-15-7-24(3)8-16(29)10-25(9-15,13-24)14-27/h5-6,12,15-16,28H,7-11,13H2,1-4H3. The van der Waals surface area contributed by atoms with Crippen LogP contribution >= 0.6 is 0 Å². The van der Waals surface area contributed by atoms with Crippen LogP contribution in [0.15, 0.2) is 18.3 Å². The van der Waals surface area contributed by atoms with E-state index in [4.69, 9.17) is 4.74 Å². The van der Waals surface area contributed by atoms with Crippen molar-refractivity contribution in [3.63, 3.8) is 0 Å². The second-order valence-electron chi connectivity index (χ2n) is 11.1. The number of nitrogens with zero attached hydrogens (tertiary/aromatic N) is 2. The molecule has 4 fully saturated rings. The number of fused-ring (bicyclic) bond motifs is 1. The molecule has 164 valence electrons. The number of ether oxygens (including phenoxy) is 1. The van der Waals surface area contributed by atoms with Gasteiger partial charge in [0.25, 0.3) is 0 Å². The molecular weight excluding hydrogens is 393 g/mol. The summed E-state index contributed by atoms with van der Waals surface area (Å²) in [6.45, 7) is 6.29. The maximum Gasteiger partial charge on any atom is 0.223 e. The van der Waals surface area contributed by atoms with E-state index in [-0.39, 0.29) is 34.6 Å². The largest absolute Gasteiger partial charge is 0.494 e. The van der Waals surface area contributed by atoms with Crippen molar-refractivity contribution in [2.24, 2.45) is 10.8 Å². The quantitative estimate of drug-likeness (QED) is 0.748. The molecule has 2 atom stereocenters. The van der Waals surface area contributed by atoms with Crippen LogP contribution in [0.25, 0.3) is 10.9 Å². The lowest BCUT2D eigenvalue weighted by Gasteiger charge is -2.63. The molecule has 4 aliphatic rings. The van der Waals surface area contributed by atoms with Gasteiger partial charge in [0.15, 0.2) is 11.6 Å². The number of nitriles is 1. The van der Waals surface area contributed by atoms with Gasteiger partial charge in [0.1, 0.15) is 0 Å². The fourth-order valence-electron chi connectivity index (χ4n) is 7.10. The van der Waals surface area contributed by atoms with E-state index in [1.165, 1.54) is 7.11 Å². The molecule has 2 saturated carbocycles. The second kappa shape index (κ2) is 6.48. The molecule has 0 spiro atoms. The Bertz CT molecular complexity index is 1100. The number of aromatic amines is 1. The van der Waals surface area contributed by atoms with Crippen molar-refractivity contribution >= 4 is 16.8 Å². The minimum atomic E-state index is -0.548. The summed E-state index contributed by atoms with van der Waals surface area (Å²) >= 11 is 0. The molecule has 1 aromatic heterocycles. The monoisotopic (exact) mass is 423 g/mol. The number of halogens is 1. The number of rotatable bonds is 4. The van der Waals surface area contributed by atoms with Crippen molar-refractivity contribution in [3.05, 3.63) is 29.7 Å². The molecular formula is C25H30FN3O2. The lowest BCUT2D eigenvalue weighted by molar-refractivity contribution is -0.164. The summed E-state index contributed by atoms with van der Waals surface area (Å²) < 4.78 is 20.2. The predicted octanol–water partition coefficient (Wildman–Crippen LogP) is 5.06. The Balaban J connectivity index is 1.44. The van der Waals surface area contributed by atoms with Gasteiger partial charge < -0.3 is 14.6 Å². The lowest BCUT2D eigenvalue weighted by atomic mass is 9.50. The van der Waals surface area contributed by atoms with Gasteiger partial charge in [-0.25, -0.2) is 4.39 Å². The fraction of sp³-hybridized carbons (Fsp3) is 0.600. The number of H-pyrrole nitrogens is 1. The van der Waals surface area contributed by atoms with Crippen molar-refractivity contribution in [2.45, 2.75) is 76.8 Å². The molecule has 1 amide bonds. The second-order valence-corrected chi connectivity index (χ2v) is 11.1. The van der Waals surface area contributed by atoms with E-state index in [1.807, 2.05) is 26.1 Å². The van der Waals surface area contributed by atoms with E-state index in [0.717, 1.165) is 37.7 Å². The van der Waals surface area contributed by atoms with E-state index in [9.17, 15) is 10.1 Å². The number of amides is 1. The first-order chi connectivity index (χ1) is 14.6. The van der Waals surface area contributed by atoms with Crippen molar-refractivity contribution < 1.29 is 13.9 Å². The minimum Gasteiger partial charge on any atom is -0.494 e. The van der Waals surface area contributed by atoms with Crippen LogP contribution in [0.1, 0.15) is 64.9 Å². The third-order valence-electron chi connectivity index (χ3n) is 8.08. The Morgan fingerprint density at radius 1 is 1.32 bits per heavy atom. The van der Waals surface area contributed by atoms with Crippen LogP contribution < -0.4 is 4.74 Å². The van der Waals surface area contributed by atoms with Crippen molar-refractivity contribution in [1.82, 2.24) is 9.88 Å². The lowest BCUT2D eigenvalue weighted by Crippen LogP contribution is -2.66. The number of nitrogens with one attached hydrogen (secondary N) is 1. The highest BCUT2D eigenvalue weighted by Gasteiger charge is 2.60. The Hall–Kier alpha value is -2.55. The van der Waals surface area contributed by atoms with E-state index in [0.29, 0.717) is 17.3 Å². The van der Waals surface area contributed by atoms with Crippen molar-refractivity contribution in [2.75, 3.05) is 7.11 Å². The third kappa shape index (κ3) is 2.96. The highest BCUT2D eigenvalue weighted by Crippen LogP contribution is 2.61. The molecule has 6 heteroatoms. The smallest absolute Gasteiger partial charge is 0.223 e. The molecule has 1 N–H and O–H groups in total. The molecule has 4 bridgehead atoms. The van der Waals surface area contributed by atoms with Gasteiger partial charge >= 0.3 is 0 Å². The van der Waals surface area contributed by atoms with Crippen LogP contribution in [0.2, 0.25) is 0 Å². The first-order valence-electron chi connectivity index (χ1n) is 11.2. The molecule has 5 nitrogen and oxygen atoms in total. The summed E-state index contributed by atoms with van der Waals surface area (Å²) in [5.74, 6) is -0.0703. The molecule has 2 saturated heterocycles. The fourth-order valence-corrected chi connectivity index (χ4v) is 7.10. The number of carbonyl (C=O) groups is 1. The Morgan fingerprint density at radius 3 is 2.61 bits per heavy atom. The van der Waals surface area contributed by atoms with Crippen LogP contribution in [-0.2, 0) is 10.2 Å². The maximum absolute atomic E-state index is 15.1. The van der Waals surface area contributed by atoms with Gasteiger partial charge in [0, 0.05) is 41.0 Å². The normalized spacial score (nSPS) is 31.8. The minimum absolute atomic E-state index is 0.119. The zero-order valence-corrected chi connectivity index (χ0v) is 18.7. The summed E-state index contributed by atoms with van der Waals surface area (Å²) in [4.78, 5) is 18.8. The molecule has 2 unspecified atom stereocenters. The van der Waals surface area contributed by atoms with Crippen LogP contribution in [-0.4, -0.2) is 35.0 Å². The van der Waals surface area contributed by atoms with Crippen LogP contribution in [0, 0.1) is 28.0 Å². The Labute approximate surface area is 182 Å². The van der Waals surface area contributed by atoms with Crippen LogP contribution in [0.5, 0.6) is 5.75 Å². The summed E-state index contributed by atoms with van der Waals surface area (Å²) in [6.07, 6.45) is 6.64. The van der Waals surface area contributed by atoms with E-state index >= 15 is 4.39 Å². The first kappa shape index (κ1) is 20.4. The number of hydrogen-bond donors (Lipinski definition) is 1. The number of benzene rings is 1. The van der Waals surface area contributed by atoms with Gasteiger partial charge in [-0.2, -0.15) is 5.26 Å². The Kier molecular flexibility index (Phi) is 4.25. The zero-order valence-electron chi connectivity index (χ0n) is 18.7. The van der Waals surface area contributed by atoms with Crippen molar-refractivity contribution in [1.29, 1.82) is 5.26 Å². The Morgan fingerprint density at radius 2 is 2.00 bits per heavy atom. The summed E-state index contributed by atoms with van der Waals surface area (Å²) in [5, 5.41) is 10.3. The summed E-state index contributed by atoms with van der Waals surface area (Å²) in [5.41, 5.74) is 0.854. The van der Waals surface area contributed by atoms with Gasteiger partial charge in [0.05, 0.1) is 18.6 Å². The topological polar surface area (TPSA) is 69.1 Å². The number of aromatic nitrogens is 1. The third-order valence-corrected chi connectivity index (χ3v) is 8.08. The van der Waals surface area contributed by atoms with Gasteiger partial charge in [0.2, 0.25) is 5.91 Å². The van der Waals surface area contributed by atoms with Gasteiger partial charge in [-0.3, -0.25) is 4.79 Å². The van der Waals surface area contributed by atoms with Gasteiger partial charge in [-0.1, -0.05) is 20.8 Å². The molecule has 0 radical (unpaired) electrons. The average molecular weight is 424 g/mol. The van der Waals surface area contributed by atoms with Crippen LogP contribution in [0.3, 0.4) is 0 Å².